The van der Waals surface area contributed by atoms with Crippen LogP contribution in [0.4, 0.5) is 0 Å². The maximum absolute atomic E-state index is 10.8. The van der Waals surface area contributed by atoms with Gasteiger partial charge in [-0.1, -0.05) is 0 Å². The van der Waals surface area contributed by atoms with E-state index in [1.807, 2.05) is 0 Å². The van der Waals surface area contributed by atoms with Crippen LogP contribution in [0.3, 0.4) is 0 Å². The number of hydrogen-bond acceptors (Lipinski definition) is 6. The molecule has 0 saturated carbocycles. The van der Waals surface area contributed by atoms with Crippen LogP contribution in [-0.4, -0.2) is 67.3 Å². The molecule has 6 atom stereocenters. The van der Waals surface area contributed by atoms with Crippen LogP contribution < -0.4 is 0 Å². The molecule has 1 heterocycles. The molecule has 0 aromatic heterocycles. The molecule has 1 rings (SSSR count). The lowest BCUT2D eigenvalue weighted by Crippen LogP contribution is -2.58. The molecule has 0 aromatic carbocycles. The average molecular weight is 226 g/mol. The van der Waals surface area contributed by atoms with Gasteiger partial charge in [-0.15, -0.1) is 0 Å². The minimum absolute atomic E-state index is 0.00199. The van der Waals surface area contributed by atoms with Crippen molar-refractivity contribution >= 4 is 10.8 Å². The third-order valence-corrected chi connectivity index (χ3v) is 2.88. The number of aliphatic hydroxyl groups excluding tert-OH is 4. The van der Waals surface area contributed by atoms with E-state index in [2.05, 4.69) is 0 Å². The molecule has 1 fully saturated rings. The zero-order valence-electron chi connectivity index (χ0n) is 7.61. The molecular formula is C7H14O6S. The lowest BCUT2D eigenvalue weighted by Gasteiger charge is -2.37. The fourth-order valence-electron chi connectivity index (χ4n) is 1.30. The van der Waals surface area contributed by atoms with Crippen molar-refractivity contribution in [1.82, 2.24) is 0 Å². The highest BCUT2D eigenvalue weighted by Gasteiger charge is 2.43. The maximum Gasteiger partial charge on any atom is 0.183 e. The van der Waals surface area contributed by atoms with Gasteiger partial charge in [0.15, 0.2) is 6.29 Å². The van der Waals surface area contributed by atoms with Gasteiger partial charge in [0, 0.05) is 17.1 Å². The molecule has 1 saturated heterocycles. The fraction of sp³-hybridized carbons (Fsp3) is 1.00. The van der Waals surface area contributed by atoms with Crippen LogP contribution in [0.25, 0.3) is 0 Å². The SMILES string of the molecule is C[S@@](=O)C[C@H]1OC(O)[C@H](O)[C@@H](O)[C@H]1O. The normalized spacial score (nSPS) is 46.2. The smallest absolute Gasteiger partial charge is 0.183 e. The highest BCUT2D eigenvalue weighted by atomic mass is 32.2. The Kier molecular flexibility index (Phi) is 3.99. The monoisotopic (exact) mass is 226 g/mol. The van der Waals surface area contributed by atoms with Gasteiger partial charge in [-0.05, 0) is 0 Å². The van der Waals surface area contributed by atoms with Gasteiger partial charge >= 0.3 is 0 Å². The largest absolute Gasteiger partial charge is 0.388 e. The molecule has 0 spiro atoms. The van der Waals surface area contributed by atoms with Gasteiger partial charge in [0.2, 0.25) is 0 Å². The van der Waals surface area contributed by atoms with Crippen molar-refractivity contribution in [1.29, 1.82) is 0 Å². The minimum atomic E-state index is -1.55. The summed E-state index contributed by atoms with van der Waals surface area (Å²) in [6.07, 6.45) is -5.41. The molecule has 0 bridgehead atoms. The topological polar surface area (TPSA) is 107 Å². The fourth-order valence-corrected chi connectivity index (χ4v) is 2.04. The summed E-state index contributed by atoms with van der Waals surface area (Å²) in [5, 5.41) is 36.9. The first-order valence-corrected chi connectivity index (χ1v) is 5.84. The highest BCUT2D eigenvalue weighted by Crippen LogP contribution is 2.20. The lowest BCUT2D eigenvalue weighted by molar-refractivity contribution is -0.276. The average Bonchev–Trinajstić information content (AvgIpc) is 2.10. The van der Waals surface area contributed by atoms with E-state index in [1.54, 1.807) is 0 Å². The van der Waals surface area contributed by atoms with Crippen LogP contribution >= 0.6 is 0 Å². The second kappa shape index (κ2) is 4.65. The molecule has 6 nitrogen and oxygen atoms in total. The molecule has 0 radical (unpaired) electrons. The van der Waals surface area contributed by atoms with E-state index < -0.39 is 41.5 Å². The van der Waals surface area contributed by atoms with Crippen molar-refractivity contribution < 1.29 is 29.4 Å². The van der Waals surface area contributed by atoms with Crippen LogP contribution in [0.5, 0.6) is 0 Å². The van der Waals surface area contributed by atoms with Crippen molar-refractivity contribution in [2.24, 2.45) is 0 Å². The van der Waals surface area contributed by atoms with Gasteiger partial charge in [-0.2, -0.15) is 0 Å². The first-order valence-electron chi connectivity index (χ1n) is 4.11. The van der Waals surface area contributed by atoms with Crippen molar-refractivity contribution in [2.75, 3.05) is 12.0 Å². The Labute approximate surface area is 83.6 Å². The summed E-state index contributed by atoms with van der Waals surface area (Å²) in [5.41, 5.74) is 0. The quantitative estimate of drug-likeness (QED) is 0.404. The van der Waals surface area contributed by atoms with Crippen LogP contribution in [0.15, 0.2) is 0 Å². The van der Waals surface area contributed by atoms with Crippen LogP contribution in [0.2, 0.25) is 0 Å². The summed E-state index contributed by atoms with van der Waals surface area (Å²) in [4.78, 5) is 0. The van der Waals surface area contributed by atoms with Crippen molar-refractivity contribution in [3.8, 4) is 0 Å². The van der Waals surface area contributed by atoms with E-state index in [1.165, 1.54) is 6.26 Å². The van der Waals surface area contributed by atoms with Crippen LogP contribution in [-0.2, 0) is 15.5 Å². The Morgan fingerprint density at radius 2 is 1.71 bits per heavy atom. The summed E-state index contributed by atoms with van der Waals surface area (Å²) in [6.45, 7) is 0. The maximum atomic E-state index is 10.8. The Morgan fingerprint density at radius 1 is 1.14 bits per heavy atom. The first kappa shape index (κ1) is 12.0. The van der Waals surface area contributed by atoms with Crippen LogP contribution in [0, 0.1) is 0 Å². The van der Waals surface area contributed by atoms with E-state index in [-0.39, 0.29) is 5.75 Å². The molecule has 1 unspecified atom stereocenters. The molecule has 1 aliphatic heterocycles. The highest BCUT2D eigenvalue weighted by molar-refractivity contribution is 7.84. The second-order valence-electron chi connectivity index (χ2n) is 3.28. The molecule has 7 heteroatoms. The van der Waals surface area contributed by atoms with Crippen molar-refractivity contribution in [3.05, 3.63) is 0 Å². The zero-order valence-corrected chi connectivity index (χ0v) is 8.42. The zero-order chi connectivity index (χ0) is 10.9. The molecular weight excluding hydrogens is 212 g/mol. The van der Waals surface area contributed by atoms with Gasteiger partial charge in [0.25, 0.3) is 0 Å². The summed E-state index contributed by atoms with van der Waals surface area (Å²) in [7, 11) is -1.21. The molecule has 0 amide bonds. The summed E-state index contributed by atoms with van der Waals surface area (Å²) < 4.78 is 15.6. The summed E-state index contributed by atoms with van der Waals surface area (Å²) >= 11 is 0. The third kappa shape index (κ3) is 2.50. The first-order chi connectivity index (χ1) is 6.43. The molecule has 0 aliphatic carbocycles. The number of rotatable bonds is 2. The Balaban J connectivity index is 2.65. The van der Waals surface area contributed by atoms with E-state index in [0.717, 1.165) is 0 Å². The Bertz CT molecular complexity index is 222. The van der Waals surface area contributed by atoms with Crippen molar-refractivity contribution in [2.45, 2.75) is 30.7 Å². The summed E-state index contributed by atoms with van der Waals surface area (Å²) in [5.74, 6) is 0.00199. The van der Waals surface area contributed by atoms with Crippen molar-refractivity contribution in [3.63, 3.8) is 0 Å². The standard InChI is InChI=1S/C7H14O6S/c1-14(12)2-3-4(8)5(9)6(10)7(11)13-3/h3-11H,2H2,1H3/t3-,4+,5+,6-,7?,14-/m1/s1. The predicted molar refractivity (Wildman–Crippen MR) is 47.8 cm³/mol. The molecule has 84 valence electrons. The van der Waals surface area contributed by atoms with Gasteiger partial charge in [-0.3, -0.25) is 4.21 Å². The van der Waals surface area contributed by atoms with E-state index in [4.69, 9.17) is 14.9 Å². The summed E-state index contributed by atoms with van der Waals surface area (Å²) in [6, 6.07) is 0. The van der Waals surface area contributed by atoms with E-state index in [9.17, 15) is 14.4 Å². The van der Waals surface area contributed by atoms with Crippen LogP contribution in [0.1, 0.15) is 0 Å². The van der Waals surface area contributed by atoms with Gasteiger partial charge in [-0.25, -0.2) is 0 Å². The third-order valence-electron chi connectivity index (χ3n) is 2.09. The number of aliphatic hydroxyl groups is 4. The molecule has 0 aromatic rings. The Morgan fingerprint density at radius 3 is 2.21 bits per heavy atom. The lowest BCUT2D eigenvalue weighted by atomic mass is 10.0. The molecule has 14 heavy (non-hydrogen) atoms. The minimum Gasteiger partial charge on any atom is -0.388 e. The number of hydrogen-bond donors (Lipinski definition) is 4. The van der Waals surface area contributed by atoms with E-state index >= 15 is 0 Å². The number of ether oxygens (including phenoxy) is 1. The molecule has 1 aliphatic rings. The second-order valence-corrected chi connectivity index (χ2v) is 4.76. The van der Waals surface area contributed by atoms with Gasteiger partial charge in [0.05, 0.1) is 5.75 Å². The Hall–Kier alpha value is -0.0500. The predicted octanol–water partition coefficient (Wildman–Crippen LogP) is -2.84. The molecule has 4 N–H and O–H groups in total. The van der Waals surface area contributed by atoms with Gasteiger partial charge in [0.1, 0.15) is 24.4 Å². The van der Waals surface area contributed by atoms with E-state index in [0.29, 0.717) is 0 Å². The van der Waals surface area contributed by atoms with Gasteiger partial charge < -0.3 is 25.2 Å².